The molecular weight excluding hydrogens is 208 g/mol. The van der Waals surface area contributed by atoms with Crippen molar-refractivity contribution in [1.82, 2.24) is 0 Å². The molecular formula is C13H17ClO. The van der Waals surface area contributed by atoms with Crippen LogP contribution < -0.4 is 0 Å². The first kappa shape index (κ1) is 12.3. The van der Waals surface area contributed by atoms with Crippen molar-refractivity contribution in [2.75, 3.05) is 0 Å². The SMILES string of the molecule is CC(C)(C)C(CC=O)c1ccccc1Cl. The highest BCUT2D eigenvalue weighted by atomic mass is 35.5. The van der Waals surface area contributed by atoms with Gasteiger partial charge in [0.2, 0.25) is 0 Å². The van der Waals surface area contributed by atoms with Crippen molar-refractivity contribution in [3.63, 3.8) is 0 Å². The summed E-state index contributed by atoms with van der Waals surface area (Å²) in [6.07, 6.45) is 1.49. The molecule has 0 aromatic heterocycles. The Morgan fingerprint density at radius 3 is 2.40 bits per heavy atom. The van der Waals surface area contributed by atoms with Crippen molar-refractivity contribution < 1.29 is 4.79 Å². The number of carbonyl (C=O) groups is 1. The predicted molar refractivity (Wildman–Crippen MR) is 64.3 cm³/mol. The molecule has 15 heavy (non-hydrogen) atoms. The van der Waals surface area contributed by atoms with E-state index >= 15 is 0 Å². The second kappa shape index (κ2) is 4.80. The van der Waals surface area contributed by atoms with E-state index in [-0.39, 0.29) is 11.3 Å². The van der Waals surface area contributed by atoms with Gasteiger partial charge in [-0.1, -0.05) is 50.6 Å². The highest BCUT2D eigenvalue weighted by Gasteiger charge is 2.27. The van der Waals surface area contributed by atoms with E-state index < -0.39 is 0 Å². The second-order valence-corrected chi connectivity index (χ2v) is 5.25. The van der Waals surface area contributed by atoms with Crippen LogP contribution in [0.1, 0.15) is 38.7 Å². The van der Waals surface area contributed by atoms with Crippen molar-refractivity contribution in [1.29, 1.82) is 0 Å². The van der Waals surface area contributed by atoms with Gasteiger partial charge in [0.15, 0.2) is 0 Å². The molecule has 1 aromatic rings. The quantitative estimate of drug-likeness (QED) is 0.708. The van der Waals surface area contributed by atoms with Crippen LogP contribution in [0.2, 0.25) is 5.02 Å². The van der Waals surface area contributed by atoms with Crippen molar-refractivity contribution >= 4 is 17.9 Å². The van der Waals surface area contributed by atoms with Gasteiger partial charge >= 0.3 is 0 Å². The lowest BCUT2D eigenvalue weighted by atomic mass is 9.75. The molecule has 0 fully saturated rings. The summed E-state index contributed by atoms with van der Waals surface area (Å²) in [4.78, 5) is 10.7. The fourth-order valence-corrected chi connectivity index (χ4v) is 2.07. The highest BCUT2D eigenvalue weighted by molar-refractivity contribution is 6.31. The Kier molecular flexibility index (Phi) is 3.92. The first-order valence-electron chi connectivity index (χ1n) is 5.15. The third-order valence-electron chi connectivity index (χ3n) is 2.66. The normalized spacial score (nSPS) is 13.6. The van der Waals surface area contributed by atoms with E-state index in [0.29, 0.717) is 6.42 Å². The molecule has 0 saturated carbocycles. The summed E-state index contributed by atoms with van der Waals surface area (Å²) >= 11 is 6.14. The van der Waals surface area contributed by atoms with Gasteiger partial charge in [0, 0.05) is 11.4 Å². The zero-order valence-electron chi connectivity index (χ0n) is 9.46. The summed E-state index contributed by atoms with van der Waals surface area (Å²) in [6, 6.07) is 7.75. The molecule has 1 unspecified atom stereocenters. The van der Waals surface area contributed by atoms with Crippen LogP contribution >= 0.6 is 11.6 Å². The molecule has 0 bridgehead atoms. The standard InChI is InChI=1S/C13H17ClO/c1-13(2,3)11(8-9-15)10-6-4-5-7-12(10)14/h4-7,9,11H,8H2,1-3H3. The average Bonchev–Trinajstić information content (AvgIpc) is 2.14. The molecule has 2 heteroatoms. The summed E-state index contributed by atoms with van der Waals surface area (Å²) in [5.41, 5.74) is 1.12. The Hall–Kier alpha value is -0.820. The summed E-state index contributed by atoms with van der Waals surface area (Å²) in [6.45, 7) is 6.39. The zero-order chi connectivity index (χ0) is 11.5. The molecule has 0 saturated heterocycles. The zero-order valence-corrected chi connectivity index (χ0v) is 10.2. The fraction of sp³-hybridized carbons (Fsp3) is 0.462. The number of carbonyl (C=O) groups excluding carboxylic acids is 1. The van der Waals surface area contributed by atoms with Gasteiger partial charge in [0.1, 0.15) is 6.29 Å². The molecule has 0 aliphatic rings. The van der Waals surface area contributed by atoms with E-state index in [0.717, 1.165) is 16.9 Å². The van der Waals surface area contributed by atoms with Crippen LogP contribution in [0.25, 0.3) is 0 Å². The van der Waals surface area contributed by atoms with E-state index in [1.54, 1.807) is 0 Å². The van der Waals surface area contributed by atoms with Crippen molar-refractivity contribution in [2.24, 2.45) is 5.41 Å². The number of hydrogen-bond donors (Lipinski definition) is 0. The molecule has 0 radical (unpaired) electrons. The molecule has 0 amide bonds. The van der Waals surface area contributed by atoms with Gasteiger partial charge in [0.05, 0.1) is 0 Å². The lowest BCUT2D eigenvalue weighted by Crippen LogP contribution is -2.19. The number of aldehydes is 1. The Bertz CT molecular complexity index is 339. The van der Waals surface area contributed by atoms with Crippen LogP contribution in [0.15, 0.2) is 24.3 Å². The molecule has 1 nitrogen and oxygen atoms in total. The van der Waals surface area contributed by atoms with Crippen LogP contribution in [-0.4, -0.2) is 6.29 Å². The minimum Gasteiger partial charge on any atom is -0.303 e. The van der Waals surface area contributed by atoms with Crippen LogP contribution in [0, 0.1) is 5.41 Å². The molecule has 0 aliphatic heterocycles. The van der Waals surface area contributed by atoms with Gasteiger partial charge in [-0.15, -0.1) is 0 Å². The number of benzene rings is 1. The van der Waals surface area contributed by atoms with Crippen LogP contribution in [0.5, 0.6) is 0 Å². The Labute approximate surface area is 96.5 Å². The average molecular weight is 225 g/mol. The van der Waals surface area contributed by atoms with E-state index in [2.05, 4.69) is 20.8 Å². The summed E-state index contributed by atoms with van der Waals surface area (Å²) in [5.74, 6) is 0.184. The number of halogens is 1. The molecule has 0 spiro atoms. The second-order valence-electron chi connectivity index (χ2n) is 4.84. The van der Waals surface area contributed by atoms with E-state index in [4.69, 9.17) is 11.6 Å². The Balaban J connectivity index is 3.10. The minimum atomic E-state index is 0.0475. The molecule has 0 aliphatic carbocycles. The van der Waals surface area contributed by atoms with Crippen molar-refractivity contribution in [3.05, 3.63) is 34.9 Å². The fourth-order valence-electron chi connectivity index (χ4n) is 1.80. The summed E-state index contributed by atoms with van der Waals surface area (Å²) < 4.78 is 0. The predicted octanol–water partition coefficient (Wildman–Crippen LogP) is 4.06. The largest absolute Gasteiger partial charge is 0.303 e. The lowest BCUT2D eigenvalue weighted by Gasteiger charge is -2.30. The molecule has 1 rings (SSSR count). The van der Waals surface area contributed by atoms with Crippen LogP contribution in [0.3, 0.4) is 0 Å². The Morgan fingerprint density at radius 1 is 1.33 bits per heavy atom. The lowest BCUT2D eigenvalue weighted by molar-refractivity contribution is -0.108. The Morgan fingerprint density at radius 2 is 1.93 bits per heavy atom. The number of hydrogen-bond acceptors (Lipinski definition) is 1. The van der Waals surface area contributed by atoms with Crippen LogP contribution in [0.4, 0.5) is 0 Å². The van der Waals surface area contributed by atoms with Crippen molar-refractivity contribution in [3.8, 4) is 0 Å². The highest BCUT2D eigenvalue weighted by Crippen LogP contribution is 2.39. The van der Waals surface area contributed by atoms with Gasteiger partial charge < -0.3 is 4.79 Å². The van der Waals surface area contributed by atoms with Crippen molar-refractivity contribution in [2.45, 2.75) is 33.1 Å². The molecule has 0 heterocycles. The number of rotatable bonds is 3. The van der Waals surface area contributed by atoms with Gasteiger partial charge in [-0.3, -0.25) is 0 Å². The van der Waals surface area contributed by atoms with Crippen LogP contribution in [-0.2, 0) is 4.79 Å². The van der Waals surface area contributed by atoms with E-state index in [1.807, 2.05) is 24.3 Å². The molecule has 1 aromatic carbocycles. The van der Waals surface area contributed by atoms with Gasteiger partial charge in [-0.2, -0.15) is 0 Å². The third-order valence-corrected chi connectivity index (χ3v) is 3.00. The van der Waals surface area contributed by atoms with Gasteiger partial charge in [0.25, 0.3) is 0 Å². The molecule has 1 atom stereocenters. The minimum absolute atomic E-state index is 0.0475. The maximum absolute atomic E-state index is 10.7. The molecule has 0 N–H and O–H groups in total. The summed E-state index contributed by atoms with van der Waals surface area (Å²) in [5, 5.41) is 0.749. The smallest absolute Gasteiger partial charge is 0.120 e. The van der Waals surface area contributed by atoms with E-state index in [9.17, 15) is 4.79 Å². The maximum Gasteiger partial charge on any atom is 0.120 e. The van der Waals surface area contributed by atoms with Gasteiger partial charge in [-0.05, 0) is 23.0 Å². The molecule has 82 valence electrons. The first-order chi connectivity index (χ1) is 6.96. The summed E-state index contributed by atoms with van der Waals surface area (Å²) in [7, 11) is 0. The topological polar surface area (TPSA) is 17.1 Å². The maximum atomic E-state index is 10.7. The van der Waals surface area contributed by atoms with Gasteiger partial charge in [-0.25, -0.2) is 0 Å². The van der Waals surface area contributed by atoms with E-state index in [1.165, 1.54) is 0 Å². The third kappa shape index (κ3) is 3.07. The monoisotopic (exact) mass is 224 g/mol. The first-order valence-corrected chi connectivity index (χ1v) is 5.52.